The molecular formula is C46H46Cl2N10O8S2. The third-order valence-electron chi connectivity index (χ3n) is 11.3. The summed E-state index contributed by atoms with van der Waals surface area (Å²) in [5, 5.41) is 25.8. The van der Waals surface area contributed by atoms with Crippen LogP contribution in [0.15, 0.2) is 58.5 Å². The second kappa shape index (κ2) is 21.0. The predicted molar refractivity (Wildman–Crippen MR) is 257 cm³/mol. The van der Waals surface area contributed by atoms with Crippen molar-refractivity contribution in [3.05, 3.63) is 125 Å². The first-order valence-corrected chi connectivity index (χ1v) is 23.8. The van der Waals surface area contributed by atoms with E-state index in [0.717, 1.165) is 22.3 Å². The summed E-state index contributed by atoms with van der Waals surface area (Å²) in [7, 11) is 2.65. The summed E-state index contributed by atoms with van der Waals surface area (Å²) in [6.45, 7) is 8.84. The number of aliphatic imine (C=N–C) groups is 2. The van der Waals surface area contributed by atoms with Crippen LogP contribution in [0, 0.1) is 27.7 Å². The Hall–Kier alpha value is -6.16. The molecule has 0 aliphatic carbocycles. The number of benzene rings is 2. The van der Waals surface area contributed by atoms with E-state index in [0.29, 0.717) is 75.6 Å². The molecule has 2 aliphatic rings. The summed E-state index contributed by atoms with van der Waals surface area (Å²) in [5.74, 6) is 0.638. The number of aromatic nitrogens is 6. The number of carbonyl (C=O) groups excluding carboxylic acids is 4. The topological polar surface area (TPSA) is 215 Å². The number of hydrogen-bond acceptors (Lipinski definition) is 16. The Morgan fingerprint density at radius 3 is 1.34 bits per heavy atom. The van der Waals surface area contributed by atoms with Gasteiger partial charge in [-0.05, 0) is 63.1 Å². The van der Waals surface area contributed by atoms with Crippen LogP contribution in [0.2, 0.25) is 10.0 Å². The number of aryl methyl sites for hydroxylation is 2. The van der Waals surface area contributed by atoms with Crippen LogP contribution in [-0.4, -0.2) is 118 Å². The molecule has 68 heavy (non-hydrogen) atoms. The number of rotatable bonds is 17. The first kappa shape index (κ1) is 48.3. The summed E-state index contributed by atoms with van der Waals surface area (Å²) in [4.78, 5) is 63.4. The average Bonchev–Trinajstić information content (AvgIpc) is 4.05. The van der Waals surface area contributed by atoms with Crippen LogP contribution >= 0.6 is 45.9 Å². The molecule has 2 N–H and O–H groups in total. The monoisotopic (exact) mass is 1000 g/mol. The largest absolute Gasteiger partial charge is 0.469 e. The van der Waals surface area contributed by atoms with Crippen molar-refractivity contribution < 1.29 is 38.1 Å². The summed E-state index contributed by atoms with van der Waals surface area (Å²) in [5.41, 5.74) is 5.58. The van der Waals surface area contributed by atoms with Crippen molar-refractivity contribution in [1.29, 1.82) is 0 Å². The molecule has 22 heteroatoms. The number of nitrogens with zero attached hydrogens (tertiary/aromatic N) is 8. The smallest absolute Gasteiger partial charge is 0.308 e. The Bertz CT molecular complexity index is 2760. The van der Waals surface area contributed by atoms with Crippen LogP contribution in [-0.2, 0) is 28.5 Å². The zero-order valence-electron chi connectivity index (χ0n) is 37.8. The lowest BCUT2D eigenvalue weighted by atomic mass is 9.99. The number of carbonyl (C=O) groups is 4. The Morgan fingerprint density at radius 1 is 0.588 bits per heavy atom. The molecule has 2 unspecified atom stereocenters. The lowest BCUT2D eigenvalue weighted by Gasteiger charge is -2.12. The summed E-state index contributed by atoms with van der Waals surface area (Å²) < 4.78 is 25.2. The van der Waals surface area contributed by atoms with Gasteiger partial charge >= 0.3 is 11.9 Å². The highest BCUT2D eigenvalue weighted by Crippen LogP contribution is 2.42. The second-order valence-electron chi connectivity index (χ2n) is 15.7. The molecular weight excluding hydrogens is 956 g/mol. The van der Waals surface area contributed by atoms with E-state index in [4.69, 9.17) is 52.1 Å². The molecule has 2 amide bonds. The molecule has 354 valence electrons. The van der Waals surface area contributed by atoms with Gasteiger partial charge in [0.1, 0.15) is 33.7 Å². The molecule has 0 spiro atoms. The van der Waals surface area contributed by atoms with Crippen molar-refractivity contribution in [3.63, 3.8) is 0 Å². The molecule has 0 bridgehead atoms. The maximum absolute atomic E-state index is 13.7. The van der Waals surface area contributed by atoms with Gasteiger partial charge in [0, 0.05) is 45.4 Å². The Labute approximate surface area is 408 Å². The number of hydrogen-bond donors (Lipinski definition) is 2. The Balaban J connectivity index is 0.857. The van der Waals surface area contributed by atoms with E-state index in [9.17, 15) is 19.2 Å². The summed E-state index contributed by atoms with van der Waals surface area (Å²) >= 11 is 15.1. The first-order chi connectivity index (χ1) is 32.8. The minimum atomic E-state index is -0.686. The number of fused-ring (bicyclic) bond motifs is 6. The van der Waals surface area contributed by atoms with Gasteiger partial charge in [-0.3, -0.25) is 38.3 Å². The molecule has 18 nitrogen and oxygen atoms in total. The molecule has 0 fully saturated rings. The van der Waals surface area contributed by atoms with Crippen molar-refractivity contribution >= 4 is 81.1 Å². The molecule has 0 saturated heterocycles. The zero-order chi connectivity index (χ0) is 48.2. The SMILES string of the molecule is COC(=O)CC1N=C(c2ccc(Cl)cc2)c2c(sc(C(=O)NCCOCCOCCNC(=O)c3sc4c(c3C)C(c3ccc(Cl)cc3)=NC(CC(=O)OC)c3nnc(C)n3-4)c2C)-n2c(C)nnc21. The fraction of sp³-hybridized carbons (Fsp3) is 0.348. The van der Waals surface area contributed by atoms with Gasteiger partial charge in [-0.1, -0.05) is 47.5 Å². The normalized spacial score (nSPS) is 14.9. The highest BCUT2D eigenvalue weighted by Gasteiger charge is 2.36. The molecule has 2 aromatic carbocycles. The number of nitrogens with one attached hydrogen (secondary N) is 2. The molecule has 0 radical (unpaired) electrons. The minimum Gasteiger partial charge on any atom is -0.469 e. The van der Waals surface area contributed by atoms with Crippen molar-refractivity contribution in [1.82, 2.24) is 40.2 Å². The number of halogens is 2. The minimum absolute atomic E-state index is 0.0496. The van der Waals surface area contributed by atoms with Gasteiger partial charge in [-0.25, -0.2) is 0 Å². The lowest BCUT2D eigenvalue weighted by Crippen LogP contribution is -2.28. The van der Waals surface area contributed by atoms with Gasteiger partial charge in [-0.2, -0.15) is 0 Å². The molecule has 4 aromatic heterocycles. The molecule has 6 aromatic rings. The molecule has 2 atom stereocenters. The standard InChI is InChI=1S/C46H46Cl2N10O8S2/c1-23-35-37(27-7-11-29(47)12-8-27)51-31(21-33(59)63-5)41-55-53-25(3)57(41)45(35)67-39(23)43(61)49-15-17-65-19-20-66-18-16-50-44(62)40-24(2)36-38(28-9-13-30(48)14-10-28)52-32(22-34(60)64-6)42-56-54-26(4)58(42)46(36)68-40/h7-14,31-32H,15-22H2,1-6H3,(H,49,61)(H,50,62). The van der Waals surface area contributed by atoms with E-state index in [-0.39, 0.29) is 64.2 Å². The van der Waals surface area contributed by atoms with Gasteiger partial charge in [0.05, 0.1) is 74.7 Å². The third kappa shape index (κ3) is 9.88. The van der Waals surface area contributed by atoms with Crippen molar-refractivity contribution in [3.8, 4) is 10.0 Å². The lowest BCUT2D eigenvalue weighted by molar-refractivity contribution is -0.142. The average molecular weight is 1000 g/mol. The van der Waals surface area contributed by atoms with Crippen LogP contribution in [0.25, 0.3) is 10.0 Å². The fourth-order valence-electron chi connectivity index (χ4n) is 7.92. The second-order valence-corrected chi connectivity index (χ2v) is 18.5. The van der Waals surface area contributed by atoms with E-state index in [2.05, 4.69) is 31.0 Å². The first-order valence-electron chi connectivity index (χ1n) is 21.4. The van der Waals surface area contributed by atoms with E-state index in [1.54, 1.807) is 24.3 Å². The maximum atomic E-state index is 13.7. The summed E-state index contributed by atoms with van der Waals surface area (Å²) in [6.07, 6.45) is -0.0991. The van der Waals surface area contributed by atoms with Crippen LogP contribution in [0.5, 0.6) is 0 Å². The molecule has 2 aliphatic heterocycles. The number of methoxy groups -OCH3 is 2. The van der Waals surface area contributed by atoms with Gasteiger partial charge in [0.2, 0.25) is 0 Å². The highest BCUT2D eigenvalue weighted by atomic mass is 35.5. The number of thiophene rings is 2. The van der Waals surface area contributed by atoms with Crippen LogP contribution in [0.3, 0.4) is 0 Å². The van der Waals surface area contributed by atoms with Crippen molar-refractivity contribution in [2.24, 2.45) is 9.98 Å². The number of amides is 2. The van der Waals surface area contributed by atoms with E-state index in [1.165, 1.54) is 36.9 Å². The van der Waals surface area contributed by atoms with Crippen LogP contribution in [0.1, 0.15) is 101 Å². The van der Waals surface area contributed by atoms with Crippen LogP contribution in [0.4, 0.5) is 0 Å². The van der Waals surface area contributed by atoms with E-state index < -0.39 is 24.0 Å². The van der Waals surface area contributed by atoms with E-state index in [1.807, 2.05) is 61.1 Å². The summed E-state index contributed by atoms with van der Waals surface area (Å²) in [6, 6.07) is 13.1. The molecule has 0 saturated carbocycles. The Kier molecular flexibility index (Phi) is 14.9. The number of ether oxygens (including phenoxy) is 4. The van der Waals surface area contributed by atoms with Crippen molar-refractivity contribution in [2.75, 3.05) is 53.7 Å². The van der Waals surface area contributed by atoms with Gasteiger partial charge in [-0.15, -0.1) is 43.1 Å². The van der Waals surface area contributed by atoms with E-state index >= 15 is 0 Å². The molecule has 6 heterocycles. The number of esters is 2. The highest BCUT2D eigenvalue weighted by molar-refractivity contribution is 7.17. The van der Waals surface area contributed by atoms with Crippen LogP contribution < -0.4 is 10.6 Å². The van der Waals surface area contributed by atoms with Crippen molar-refractivity contribution in [2.45, 2.75) is 52.6 Å². The third-order valence-corrected chi connectivity index (χ3v) is 14.3. The van der Waals surface area contributed by atoms with Gasteiger partial charge in [0.25, 0.3) is 11.8 Å². The fourth-order valence-corrected chi connectivity index (χ4v) is 10.7. The predicted octanol–water partition coefficient (Wildman–Crippen LogP) is 6.61. The molecule has 8 rings (SSSR count). The maximum Gasteiger partial charge on any atom is 0.308 e. The quantitative estimate of drug-likeness (QED) is 0.0729. The van der Waals surface area contributed by atoms with Gasteiger partial charge < -0.3 is 29.6 Å². The Morgan fingerprint density at radius 2 is 0.971 bits per heavy atom. The zero-order valence-corrected chi connectivity index (χ0v) is 41.0. The van der Waals surface area contributed by atoms with Gasteiger partial charge in [0.15, 0.2) is 11.6 Å².